The third-order valence-corrected chi connectivity index (χ3v) is 30.8. The maximum atomic E-state index is 13.2. The highest BCUT2D eigenvalue weighted by Crippen LogP contribution is 2.35. The van der Waals surface area contributed by atoms with Crippen LogP contribution in [0, 0.1) is 27.7 Å². The van der Waals surface area contributed by atoms with Crippen molar-refractivity contribution in [2.24, 2.45) is 0 Å². The molecule has 0 aliphatic heterocycles. The minimum Gasteiger partial charge on any atom is -0.508 e. The van der Waals surface area contributed by atoms with Crippen LogP contribution >= 0.6 is 0 Å². The Bertz CT molecular complexity index is 7100. The van der Waals surface area contributed by atoms with Crippen LogP contribution in [0.5, 0.6) is 23.0 Å². The van der Waals surface area contributed by atoms with Gasteiger partial charge in [0, 0.05) is 0 Å². The van der Waals surface area contributed by atoms with Crippen LogP contribution in [0.25, 0.3) is 66.8 Å². The number of sulfone groups is 6. The van der Waals surface area contributed by atoms with Crippen molar-refractivity contribution in [3.8, 4) is 89.8 Å². The molecule has 0 spiro atoms. The number of hydrogen-bond donors (Lipinski definition) is 4. The zero-order chi connectivity index (χ0) is 86.7. The molecule has 16 rings (SSSR count). The minimum atomic E-state index is -3.81. The van der Waals surface area contributed by atoms with E-state index in [2.05, 4.69) is 0 Å². The fourth-order valence-electron chi connectivity index (χ4n) is 12.9. The number of phenols is 4. The van der Waals surface area contributed by atoms with Gasteiger partial charge in [-0.15, -0.1) is 0 Å². The molecular weight excluding hydrogens is 1650 g/mol. The first-order chi connectivity index (χ1) is 58.2. The molecular formula is C100H80O16S6. The molecule has 0 bridgehead atoms. The number of aryl methyl sites for hydroxylation is 4. The van der Waals surface area contributed by atoms with Crippen LogP contribution < -0.4 is 0 Å². The zero-order valence-corrected chi connectivity index (χ0v) is 71.0. The molecule has 0 saturated carbocycles. The number of hydrogen-bond acceptors (Lipinski definition) is 16. The molecule has 0 fully saturated rings. The fraction of sp³-hybridized carbons (Fsp3) is 0.0400. The lowest BCUT2D eigenvalue weighted by molar-refractivity contribution is 0.475. The summed E-state index contributed by atoms with van der Waals surface area (Å²) in [4.78, 5) is 2.22. The van der Waals surface area contributed by atoms with Crippen molar-refractivity contribution in [3.63, 3.8) is 0 Å². The summed E-state index contributed by atoms with van der Waals surface area (Å²) < 4.78 is 155. The molecule has 0 amide bonds. The van der Waals surface area contributed by atoms with E-state index in [1.165, 1.54) is 48.5 Å². The summed E-state index contributed by atoms with van der Waals surface area (Å²) in [6.07, 6.45) is 0. The second-order valence-electron chi connectivity index (χ2n) is 28.7. The van der Waals surface area contributed by atoms with Crippen molar-refractivity contribution in [2.75, 3.05) is 0 Å². The lowest BCUT2D eigenvalue weighted by Crippen LogP contribution is -2.05. The first-order valence-electron chi connectivity index (χ1n) is 38.0. The SMILES string of the molecule is Cc1ccc(S(=O)(=O)c2ccc(-c3ccc(-c4ccc(O)cc4)cc3)cc2)cc1.Cc1ccc(S(=O)(=O)c2ccc(-c3ccc(O)cc3)cc2)cc1.Cc1ccc(S(=O)(=O)c2ccc(-c3ccc(S(=O)(=O)c4ccc(-c5ccc(O)cc5)cc4)cc3)cc2)cc1.Cc1ccc(S(=O)(=O)c2ccc(S(=O)(=O)c3ccc(-c4ccc(O)cc4)cc3)cc2)cc1. The van der Waals surface area contributed by atoms with Crippen molar-refractivity contribution in [2.45, 2.75) is 86.4 Å². The molecule has 0 aliphatic rings. The Morgan fingerprint density at radius 2 is 0.197 bits per heavy atom. The summed E-state index contributed by atoms with van der Waals surface area (Å²) in [5, 5.41) is 37.6. The molecule has 0 radical (unpaired) electrons. The fourth-order valence-corrected chi connectivity index (χ4v) is 20.5. The molecule has 122 heavy (non-hydrogen) atoms. The first-order valence-corrected chi connectivity index (χ1v) is 46.9. The number of phenolic OH excluding ortho intramolecular Hbond substituents is 4. The smallest absolute Gasteiger partial charge is 0.206 e. The van der Waals surface area contributed by atoms with E-state index in [1.807, 2.05) is 76.2 Å². The van der Waals surface area contributed by atoms with Gasteiger partial charge in [0.2, 0.25) is 59.0 Å². The van der Waals surface area contributed by atoms with Crippen LogP contribution in [0.3, 0.4) is 0 Å². The highest BCUT2D eigenvalue weighted by atomic mass is 32.2. The van der Waals surface area contributed by atoms with E-state index in [1.54, 1.807) is 291 Å². The van der Waals surface area contributed by atoms with E-state index in [0.29, 0.717) is 9.79 Å². The van der Waals surface area contributed by atoms with Gasteiger partial charge >= 0.3 is 0 Å². The highest BCUT2D eigenvalue weighted by Gasteiger charge is 2.25. The van der Waals surface area contributed by atoms with Crippen molar-refractivity contribution < 1.29 is 70.9 Å². The van der Waals surface area contributed by atoms with Gasteiger partial charge in [0.05, 0.1) is 58.7 Å². The summed E-state index contributed by atoms with van der Waals surface area (Å²) in [7, 11) is -21.9. The van der Waals surface area contributed by atoms with Gasteiger partial charge in [-0.1, -0.05) is 216 Å². The Hall–Kier alpha value is -13.6. The van der Waals surface area contributed by atoms with Gasteiger partial charge in [-0.3, -0.25) is 0 Å². The summed E-state index contributed by atoms with van der Waals surface area (Å²) in [6.45, 7) is 7.62. The Morgan fingerprint density at radius 1 is 0.123 bits per heavy atom. The van der Waals surface area contributed by atoms with Gasteiger partial charge in [0.25, 0.3) is 0 Å². The third kappa shape index (κ3) is 20.1. The van der Waals surface area contributed by atoms with Crippen LogP contribution in [0.1, 0.15) is 22.3 Å². The molecule has 0 saturated heterocycles. The van der Waals surface area contributed by atoms with Crippen LogP contribution in [0.2, 0.25) is 0 Å². The summed E-state index contributed by atoms with van der Waals surface area (Å²) in [6, 6.07) is 107. The summed E-state index contributed by atoms with van der Waals surface area (Å²) >= 11 is 0. The Balaban J connectivity index is 0.000000142. The third-order valence-electron chi connectivity index (χ3n) is 20.1. The van der Waals surface area contributed by atoms with Gasteiger partial charge < -0.3 is 20.4 Å². The monoisotopic (exact) mass is 1730 g/mol. The molecule has 0 aliphatic carbocycles. The Labute approximate surface area is 711 Å². The summed E-state index contributed by atoms with van der Waals surface area (Å²) in [5.41, 5.74) is 14.7. The van der Waals surface area contributed by atoms with E-state index in [9.17, 15) is 70.9 Å². The molecule has 0 atom stereocenters. The Morgan fingerprint density at radius 3 is 0.303 bits per heavy atom. The normalized spacial score (nSPS) is 11.6. The lowest BCUT2D eigenvalue weighted by atomic mass is 10.0. The number of benzene rings is 16. The number of aromatic hydroxyl groups is 4. The molecule has 4 N–H and O–H groups in total. The van der Waals surface area contributed by atoms with Crippen LogP contribution in [0.15, 0.2) is 447 Å². The van der Waals surface area contributed by atoms with Crippen molar-refractivity contribution in [1.29, 1.82) is 0 Å². The lowest BCUT2D eigenvalue weighted by Gasteiger charge is -2.09. The molecule has 0 unspecified atom stereocenters. The Kier molecular flexibility index (Phi) is 25.9. The van der Waals surface area contributed by atoms with Crippen molar-refractivity contribution in [1.82, 2.24) is 0 Å². The number of rotatable bonds is 18. The van der Waals surface area contributed by atoms with Crippen LogP contribution in [0.4, 0.5) is 0 Å². The van der Waals surface area contributed by atoms with Crippen molar-refractivity contribution >= 4 is 59.0 Å². The molecule has 0 heterocycles. The predicted octanol–water partition coefficient (Wildman–Crippen LogP) is 21.8. The molecule has 0 aromatic heterocycles. The van der Waals surface area contributed by atoms with Gasteiger partial charge in [-0.05, 0) is 289 Å². The van der Waals surface area contributed by atoms with E-state index in [0.717, 1.165) is 89.0 Å². The molecule has 16 aromatic carbocycles. The van der Waals surface area contributed by atoms with Gasteiger partial charge in [-0.25, -0.2) is 50.5 Å². The van der Waals surface area contributed by atoms with Gasteiger partial charge in [0.1, 0.15) is 23.0 Å². The predicted molar refractivity (Wildman–Crippen MR) is 475 cm³/mol. The maximum Gasteiger partial charge on any atom is 0.206 e. The highest BCUT2D eigenvalue weighted by molar-refractivity contribution is 7.93. The topological polar surface area (TPSA) is 286 Å². The van der Waals surface area contributed by atoms with Crippen LogP contribution in [-0.2, 0) is 59.0 Å². The largest absolute Gasteiger partial charge is 0.508 e. The standard InChI is InChI=1S/C31H24O5S2.C25H20O5S2.C25H20O3S.C19H16O3S/c1-22-2-14-28(15-3-22)37(33,34)29-18-8-25(9-19-29)26-10-20-31(21-11-26)38(35,36)30-16-6-24(7-17-30)23-4-12-27(32)13-5-23;1-18-2-10-22(11-3-18)31(27,28)24-14-16-25(17-15-24)32(29,30)23-12-6-20(7-13-23)19-4-8-21(26)9-5-19;1-18-2-14-24(15-3-18)29(27,28)25-16-10-22(11-17-25)20-6-4-19(5-7-20)21-8-12-23(26)13-9-21;1-14-2-10-18(11-3-14)23(21,22)19-12-6-16(7-13-19)15-4-8-17(20)9-5-15/h2-21,32H,1H3;2-17,26H,1H3;2-17,26H,1H3;2-13,20H,1H3. The van der Waals surface area contributed by atoms with E-state index >= 15 is 0 Å². The molecule has 16 aromatic rings. The van der Waals surface area contributed by atoms with E-state index in [-0.39, 0.29) is 72.0 Å². The quantitative estimate of drug-likeness (QED) is 0.0621. The molecule has 22 heteroatoms. The van der Waals surface area contributed by atoms with E-state index < -0.39 is 59.0 Å². The maximum absolute atomic E-state index is 13.2. The zero-order valence-electron chi connectivity index (χ0n) is 66.1. The van der Waals surface area contributed by atoms with Crippen molar-refractivity contribution in [3.05, 3.63) is 411 Å². The summed E-state index contributed by atoms with van der Waals surface area (Å²) in [5.74, 6) is 0.763. The average Bonchev–Trinajstić information content (AvgIpc) is 0.801. The average molecular weight is 1730 g/mol. The van der Waals surface area contributed by atoms with Gasteiger partial charge in [0.15, 0.2) is 0 Å². The van der Waals surface area contributed by atoms with Gasteiger partial charge in [-0.2, -0.15) is 0 Å². The molecule has 16 nitrogen and oxygen atoms in total. The van der Waals surface area contributed by atoms with E-state index in [4.69, 9.17) is 0 Å². The van der Waals surface area contributed by atoms with Crippen LogP contribution in [-0.4, -0.2) is 70.9 Å². The minimum absolute atomic E-state index is 0.0118. The second-order valence-corrected chi connectivity index (χ2v) is 40.4. The second kappa shape index (κ2) is 36.6. The first kappa shape index (κ1) is 86.3. The molecule has 612 valence electrons.